The lowest BCUT2D eigenvalue weighted by molar-refractivity contribution is 0.0950. The lowest BCUT2D eigenvalue weighted by Crippen LogP contribution is -2.34. The van der Waals surface area contributed by atoms with Crippen molar-refractivity contribution in [1.82, 2.24) is 10.2 Å². The van der Waals surface area contributed by atoms with Crippen molar-refractivity contribution in [1.29, 1.82) is 0 Å². The number of methoxy groups -OCH3 is 3. The Morgan fingerprint density at radius 1 is 1.12 bits per heavy atom. The number of amides is 1. The van der Waals surface area contributed by atoms with E-state index in [2.05, 4.69) is 24.1 Å². The highest BCUT2D eigenvalue weighted by atomic mass is 32.1. The van der Waals surface area contributed by atoms with Crippen LogP contribution in [0.2, 0.25) is 0 Å². The molecule has 0 unspecified atom stereocenters. The van der Waals surface area contributed by atoms with Crippen molar-refractivity contribution in [3.63, 3.8) is 0 Å². The van der Waals surface area contributed by atoms with Crippen LogP contribution >= 0.6 is 11.3 Å². The predicted octanol–water partition coefficient (Wildman–Crippen LogP) is 3.00. The monoisotopic (exact) mass is 366 g/mol. The van der Waals surface area contributed by atoms with E-state index in [1.807, 2.05) is 6.07 Å². The molecule has 0 aliphatic heterocycles. The van der Waals surface area contributed by atoms with Gasteiger partial charge in [-0.2, -0.15) is 0 Å². The second-order valence-electron chi connectivity index (χ2n) is 5.45. The molecule has 0 saturated carbocycles. The molecule has 2 aromatic rings. The summed E-state index contributed by atoms with van der Waals surface area (Å²) in [5, 5.41) is 3.79. The summed E-state index contributed by atoms with van der Waals surface area (Å²) in [5.41, 5.74) is 0. The summed E-state index contributed by atoms with van der Waals surface area (Å²) in [7, 11) is 4.77. The lowest BCUT2D eigenvalue weighted by atomic mass is 10.2. The third kappa shape index (κ3) is 4.16. The van der Waals surface area contributed by atoms with Gasteiger partial charge in [-0.3, -0.25) is 4.79 Å². The van der Waals surface area contributed by atoms with E-state index in [1.54, 1.807) is 27.4 Å². The second-order valence-corrected chi connectivity index (χ2v) is 6.47. The number of hydrogen-bond acceptors (Lipinski definition) is 6. The third-order valence-electron chi connectivity index (χ3n) is 4.16. The van der Waals surface area contributed by atoms with Crippen LogP contribution in [0.4, 0.5) is 0 Å². The summed E-state index contributed by atoms with van der Waals surface area (Å²) >= 11 is 1.37. The summed E-state index contributed by atoms with van der Waals surface area (Å²) in [5.74, 6) is 1.75. The van der Waals surface area contributed by atoms with Gasteiger partial charge in [0.2, 0.25) is 0 Å². The van der Waals surface area contributed by atoms with Crippen LogP contribution in [0.5, 0.6) is 17.2 Å². The maximum Gasteiger partial charge on any atom is 0.265 e. The van der Waals surface area contributed by atoms with Crippen molar-refractivity contribution in [3.8, 4) is 17.2 Å². The van der Waals surface area contributed by atoms with Crippen LogP contribution in [0.3, 0.4) is 0 Å². The van der Waals surface area contributed by atoms with Gasteiger partial charge in [0.25, 0.3) is 5.91 Å². The van der Waals surface area contributed by atoms with Crippen molar-refractivity contribution in [3.05, 3.63) is 17.0 Å². The SMILES string of the molecule is CCN(CC)CCNC(=O)c1sc2c(OC)cc(OC)cc2c1OC. The highest BCUT2D eigenvalue weighted by Crippen LogP contribution is 2.44. The number of nitrogens with zero attached hydrogens (tertiary/aromatic N) is 1. The smallest absolute Gasteiger partial charge is 0.265 e. The Labute approximate surface area is 152 Å². The standard InChI is InChI=1S/C18H26N2O4S/c1-6-20(7-2)9-8-19-18(21)17-15(24-5)13-10-12(22-3)11-14(23-4)16(13)25-17/h10-11H,6-9H2,1-5H3,(H,19,21). The van der Waals surface area contributed by atoms with E-state index in [-0.39, 0.29) is 5.91 Å². The van der Waals surface area contributed by atoms with Gasteiger partial charge in [0.15, 0.2) is 5.75 Å². The van der Waals surface area contributed by atoms with E-state index in [1.165, 1.54) is 11.3 Å². The molecule has 0 saturated heterocycles. The molecule has 0 radical (unpaired) electrons. The average molecular weight is 366 g/mol. The largest absolute Gasteiger partial charge is 0.497 e. The Hall–Kier alpha value is -1.99. The fraction of sp³-hybridized carbons (Fsp3) is 0.500. The first-order chi connectivity index (χ1) is 12.1. The van der Waals surface area contributed by atoms with Crippen LogP contribution in [-0.2, 0) is 0 Å². The Morgan fingerprint density at radius 3 is 2.40 bits per heavy atom. The van der Waals surface area contributed by atoms with E-state index < -0.39 is 0 Å². The molecule has 1 aromatic heterocycles. The quantitative estimate of drug-likeness (QED) is 0.739. The van der Waals surface area contributed by atoms with Gasteiger partial charge in [-0.25, -0.2) is 0 Å². The Kier molecular flexibility index (Phi) is 6.90. The molecule has 2 rings (SSSR count). The van der Waals surface area contributed by atoms with Gasteiger partial charge in [-0.15, -0.1) is 11.3 Å². The van der Waals surface area contributed by atoms with E-state index in [0.717, 1.165) is 29.7 Å². The molecule has 7 heteroatoms. The van der Waals surface area contributed by atoms with Crippen LogP contribution in [0, 0.1) is 0 Å². The molecule has 0 bridgehead atoms. The number of carbonyl (C=O) groups is 1. The van der Waals surface area contributed by atoms with Gasteiger partial charge in [-0.1, -0.05) is 13.8 Å². The van der Waals surface area contributed by atoms with Crippen molar-refractivity contribution < 1.29 is 19.0 Å². The Morgan fingerprint density at radius 2 is 1.84 bits per heavy atom. The van der Waals surface area contributed by atoms with Gasteiger partial charge in [-0.05, 0) is 19.2 Å². The van der Waals surface area contributed by atoms with Crippen LogP contribution in [-0.4, -0.2) is 58.3 Å². The first-order valence-electron chi connectivity index (χ1n) is 8.32. The van der Waals surface area contributed by atoms with Gasteiger partial charge in [0.1, 0.15) is 16.4 Å². The number of thiophene rings is 1. The summed E-state index contributed by atoms with van der Waals surface area (Å²) in [6, 6.07) is 3.67. The molecule has 0 aliphatic carbocycles. The number of rotatable bonds is 9. The fourth-order valence-corrected chi connectivity index (χ4v) is 3.85. The fourth-order valence-electron chi connectivity index (χ4n) is 2.69. The number of benzene rings is 1. The summed E-state index contributed by atoms with van der Waals surface area (Å²) in [6.45, 7) is 7.58. The summed E-state index contributed by atoms with van der Waals surface area (Å²) in [4.78, 5) is 15.4. The minimum atomic E-state index is -0.133. The zero-order chi connectivity index (χ0) is 18.4. The first kappa shape index (κ1) is 19.3. The molecule has 1 aromatic carbocycles. The van der Waals surface area contributed by atoms with Crippen LogP contribution in [0.1, 0.15) is 23.5 Å². The second kappa shape index (κ2) is 8.92. The molecule has 0 fully saturated rings. The molecule has 25 heavy (non-hydrogen) atoms. The maximum atomic E-state index is 12.6. The molecule has 138 valence electrons. The molecule has 0 aliphatic rings. The highest BCUT2D eigenvalue weighted by molar-refractivity contribution is 7.21. The zero-order valence-corrected chi connectivity index (χ0v) is 16.3. The molecule has 1 amide bonds. The normalized spacial score (nSPS) is 11.0. The number of ether oxygens (including phenoxy) is 3. The van der Waals surface area contributed by atoms with E-state index in [0.29, 0.717) is 28.7 Å². The third-order valence-corrected chi connectivity index (χ3v) is 5.36. The van der Waals surface area contributed by atoms with Crippen molar-refractivity contribution in [2.24, 2.45) is 0 Å². The minimum absolute atomic E-state index is 0.133. The number of carbonyl (C=O) groups excluding carboxylic acids is 1. The van der Waals surface area contributed by atoms with Gasteiger partial charge < -0.3 is 24.4 Å². The van der Waals surface area contributed by atoms with Gasteiger partial charge in [0.05, 0.1) is 26.0 Å². The molecular formula is C18H26N2O4S. The zero-order valence-electron chi connectivity index (χ0n) is 15.5. The number of nitrogens with one attached hydrogen (secondary N) is 1. The molecule has 0 spiro atoms. The van der Waals surface area contributed by atoms with E-state index in [9.17, 15) is 4.79 Å². The summed E-state index contributed by atoms with van der Waals surface area (Å²) < 4.78 is 17.1. The van der Waals surface area contributed by atoms with Crippen LogP contribution < -0.4 is 19.5 Å². The highest BCUT2D eigenvalue weighted by Gasteiger charge is 2.22. The molecular weight excluding hydrogens is 340 g/mol. The van der Waals surface area contributed by atoms with Crippen LogP contribution in [0.25, 0.3) is 10.1 Å². The van der Waals surface area contributed by atoms with Gasteiger partial charge in [0, 0.05) is 24.5 Å². The number of hydrogen-bond donors (Lipinski definition) is 1. The topological polar surface area (TPSA) is 60.0 Å². The molecule has 6 nitrogen and oxygen atoms in total. The van der Waals surface area contributed by atoms with Crippen LogP contribution in [0.15, 0.2) is 12.1 Å². The number of likely N-dealkylation sites (N-methyl/N-ethyl adjacent to an activating group) is 1. The molecule has 0 atom stereocenters. The predicted molar refractivity (Wildman–Crippen MR) is 102 cm³/mol. The molecule has 1 N–H and O–H groups in total. The van der Waals surface area contributed by atoms with Gasteiger partial charge >= 0.3 is 0 Å². The Balaban J connectivity index is 2.29. The average Bonchev–Trinajstić information content (AvgIpc) is 3.02. The van der Waals surface area contributed by atoms with Crippen molar-refractivity contribution in [2.75, 3.05) is 47.5 Å². The van der Waals surface area contributed by atoms with E-state index in [4.69, 9.17) is 14.2 Å². The van der Waals surface area contributed by atoms with E-state index >= 15 is 0 Å². The summed E-state index contributed by atoms with van der Waals surface area (Å²) in [6.07, 6.45) is 0. The maximum absolute atomic E-state index is 12.6. The Bertz CT molecular complexity index is 725. The first-order valence-corrected chi connectivity index (χ1v) is 9.14. The number of fused-ring (bicyclic) bond motifs is 1. The lowest BCUT2D eigenvalue weighted by Gasteiger charge is -2.17. The van der Waals surface area contributed by atoms with Crippen molar-refractivity contribution in [2.45, 2.75) is 13.8 Å². The minimum Gasteiger partial charge on any atom is -0.497 e. The molecule has 1 heterocycles. The van der Waals surface area contributed by atoms with Crippen molar-refractivity contribution >= 4 is 27.3 Å².